The highest BCUT2D eigenvalue weighted by Gasteiger charge is 2.39. The van der Waals surface area contributed by atoms with Gasteiger partial charge in [-0.05, 0) is 44.9 Å². The molecule has 156 valence electrons. The van der Waals surface area contributed by atoms with Gasteiger partial charge in [-0.1, -0.05) is 47.5 Å². The Morgan fingerprint density at radius 2 is 1.63 bits per heavy atom. The normalized spacial score (nSPS) is 18.7. The van der Waals surface area contributed by atoms with Crippen molar-refractivity contribution < 1.29 is 9.90 Å². The van der Waals surface area contributed by atoms with Gasteiger partial charge in [-0.15, -0.1) is 0 Å². The van der Waals surface area contributed by atoms with E-state index in [-0.39, 0.29) is 24.4 Å². The summed E-state index contributed by atoms with van der Waals surface area (Å²) in [6, 6.07) is 15.4. The monoisotopic (exact) mass is 405 g/mol. The van der Waals surface area contributed by atoms with E-state index in [4.69, 9.17) is 0 Å². The van der Waals surface area contributed by atoms with Gasteiger partial charge in [0.05, 0.1) is 18.7 Å². The molecule has 1 amide bonds. The molecule has 6 heteroatoms. The third-order valence-corrected chi connectivity index (χ3v) is 6.00. The van der Waals surface area contributed by atoms with Crippen molar-refractivity contribution in [1.29, 1.82) is 0 Å². The Kier molecular flexibility index (Phi) is 5.12. The first-order valence-electron chi connectivity index (χ1n) is 10.2. The van der Waals surface area contributed by atoms with Gasteiger partial charge in [0, 0.05) is 17.8 Å². The zero-order valence-electron chi connectivity index (χ0n) is 17.6. The standard InChI is InChI=1S/C24H27N3O3/c1-16-4-8-19(9-5-16)24(30)12-13-26(15-24)22(28)14-21-18(3)25-27(23(21)29)20-10-6-17(2)7-11-20/h4-11,25,30H,12-15H2,1-3H3. The summed E-state index contributed by atoms with van der Waals surface area (Å²) in [7, 11) is 0. The summed E-state index contributed by atoms with van der Waals surface area (Å²) in [5, 5.41) is 14.1. The van der Waals surface area contributed by atoms with Crippen molar-refractivity contribution in [3.8, 4) is 5.69 Å². The molecule has 3 aromatic rings. The molecule has 4 rings (SSSR count). The highest BCUT2D eigenvalue weighted by atomic mass is 16.3. The van der Waals surface area contributed by atoms with Crippen LogP contribution >= 0.6 is 0 Å². The number of nitrogens with zero attached hydrogens (tertiary/aromatic N) is 2. The Balaban J connectivity index is 1.51. The molecule has 1 fully saturated rings. The van der Waals surface area contributed by atoms with Gasteiger partial charge in [0.25, 0.3) is 5.56 Å². The number of benzene rings is 2. The number of carbonyl (C=O) groups is 1. The molecule has 2 aromatic carbocycles. The molecule has 2 heterocycles. The number of likely N-dealkylation sites (tertiary alicyclic amines) is 1. The van der Waals surface area contributed by atoms with Crippen LogP contribution < -0.4 is 5.56 Å². The number of aromatic nitrogens is 2. The van der Waals surface area contributed by atoms with Crippen LogP contribution in [0, 0.1) is 20.8 Å². The molecule has 1 unspecified atom stereocenters. The van der Waals surface area contributed by atoms with Crippen molar-refractivity contribution in [3.05, 3.63) is 86.8 Å². The molecule has 2 N–H and O–H groups in total. The van der Waals surface area contributed by atoms with E-state index < -0.39 is 5.60 Å². The van der Waals surface area contributed by atoms with Crippen LogP contribution in [0.2, 0.25) is 0 Å². The van der Waals surface area contributed by atoms with Crippen molar-refractivity contribution in [2.24, 2.45) is 0 Å². The van der Waals surface area contributed by atoms with E-state index in [0.29, 0.717) is 24.2 Å². The maximum atomic E-state index is 12.9. The Labute approximate surface area is 175 Å². The number of H-pyrrole nitrogens is 1. The maximum absolute atomic E-state index is 12.9. The molecule has 1 aromatic heterocycles. The number of amides is 1. The molecule has 0 radical (unpaired) electrons. The first-order chi connectivity index (χ1) is 14.3. The zero-order valence-corrected chi connectivity index (χ0v) is 17.6. The second kappa shape index (κ2) is 7.61. The number of nitrogens with one attached hydrogen (secondary N) is 1. The predicted molar refractivity (Wildman–Crippen MR) is 116 cm³/mol. The van der Waals surface area contributed by atoms with Gasteiger partial charge in [-0.25, -0.2) is 4.68 Å². The number of rotatable bonds is 4. The van der Waals surface area contributed by atoms with Crippen LogP contribution in [0.1, 0.15) is 34.4 Å². The largest absolute Gasteiger partial charge is 0.383 e. The fraction of sp³-hybridized carbons (Fsp3) is 0.333. The van der Waals surface area contributed by atoms with Gasteiger partial charge in [-0.3, -0.25) is 14.7 Å². The van der Waals surface area contributed by atoms with E-state index in [1.165, 1.54) is 4.68 Å². The number of aromatic amines is 1. The number of β-amino-alcohol motifs (C(OH)–C–C–N with tert-alkyl or cyclic N) is 1. The van der Waals surface area contributed by atoms with Crippen LogP contribution in [0.15, 0.2) is 53.3 Å². The van der Waals surface area contributed by atoms with E-state index in [2.05, 4.69) is 5.10 Å². The first-order valence-corrected chi connectivity index (χ1v) is 10.2. The number of aliphatic hydroxyl groups is 1. The highest BCUT2D eigenvalue weighted by Crippen LogP contribution is 2.32. The number of aryl methyl sites for hydroxylation is 3. The fourth-order valence-electron chi connectivity index (χ4n) is 4.03. The van der Waals surface area contributed by atoms with Gasteiger partial charge < -0.3 is 10.0 Å². The molecule has 1 atom stereocenters. The zero-order chi connectivity index (χ0) is 21.5. The van der Waals surface area contributed by atoms with Crippen molar-refractivity contribution >= 4 is 5.91 Å². The average Bonchev–Trinajstić information content (AvgIpc) is 3.25. The molecule has 0 aliphatic carbocycles. The Morgan fingerprint density at radius 3 is 2.27 bits per heavy atom. The van der Waals surface area contributed by atoms with E-state index in [1.807, 2.05) is 62.4 Å². The molecule has 1 aliphatic rings. The summed E-state index contributed by atoms with van der Waals surface area (Å²) < 4.78 is 1.48. The average molecular weight is 405 g/mol. The molecular formula is C24H27N3O3. The summed E-state index contributed by atoms with van der Waals surface area (Å²) in [4.78, 5) is 27.5. The van der Waals surface area contributed by atoms with Crippen molar-refractivity contribution in [2.75, 3.05) is 13.1 Å². The molecule has 1 saturated heterocycles. The minimum absolute atomic E-state index is 0.0179. The summed E-state index contributed by atoms with van der Waals surface area (Å²) in [5.41, 5.74) is 3.69. The molecular weight excluding hydrogens is 378 g/mol. The quantitative estimate of drug-likeness (QED) is 0.701. The van der Waals surface area contributed by atoms with E-state index in [0.717, 1.165) is 22.4 Å². The summed E-state index contributed by atoms with van der Waals surface area (Å²) in [6.45, 7) is 6.51. The van der Waals surface area contributed by atoms with Crippen LogP contribution in [0.25, 0.3) is 5.69 Å². The number of hydrogen-bond acceptors (Lipinski definition) is 3. The predicted octanol–water partition coefficient (Wildman–Crippen LogP) is 2.75. The second-order valence-electron chi connectivity index (χ2n) is 8.33. The van der Waals surface area contributed by atoms with E-state index >= 15 is 0 Å². The minimum Gasteiger partial charge on any atom is -0.383 e. The molecule has 0 bridgehead atoms. The maximum Gasteiger partial charge on any atom is 0.275 e. The smallest absolute Gasteiger partial charge is 0.275 e. The lowest BCUT2D eigenvalue weighted by Gasteiger charge is -2.24. The van der Waals surface area contributed by atoms with E-state index in [9.17, 15) is 14.7 Å². The summed E-state index contributed by atoms with van der Waals surface area (Å²) in [5.74, 6) is -0.145. The van der Waals surface area contributed by atoms with Crippen LogP contribution in [-0.2, 0) is 16.8 Å². The van der Waals surface area contributed by atoms with Crippen LogP contribution in [0.4, 0.5) is 0 Å². The first kappa shape index (κ1) is 20.2. The number of hydrogen-bond donors (Lipinski definition) is 2. The van der Waals surface area contributed by atoms with Gasteiger partial charge >= 0.3 is 0 Å². The van der Waals surface area contributed by atoms with Gasteiger partial charge in [0.2, 0.25) is 5.91 Å². The third-order valence-electron chi connectivity index (χ3n) is 6.00. The fourth-order valence-corrected chi connectivity index (χ4v) is 4.03. The SMILES string of the molecule is Cc1ccc(-n2[nH]c(C)c(CC(=O)N3CCC(O)(c4ccc(C)cc4)C3)c2=O)cc1. The summed E-state index contributed by atoms with van der Waals surface area (Å²) in [6.07, 6.45) is 0.505. The van der Waals surface area contributed by atoms with Crippen LogP contribution in [0.5, 0.6) is 0 Å². The second-order valence-corrected chi connectivity index (χ2v) is 8.33. The molecule has 30 heavy (non-hydrogen) atoms. The van der Waals surface area contributed by atoms with E-state index in [1.54, 1.807) is 11.8 Å². The molecule has 1 aliphatic heterocycles. The third kappa shape index (κ3) is 3.71. The Morgan fingerprint density at radius 1 is 1.03 bits per heavy atom. The minimum atomic E-state index is -1.04. The van der Waals surface area contributed by atoms with Gasteiger partial charge in [0.1, 0.15) is 5.60 Å². The van der Waals surface area contributed by atoms with Crippen LogP contribution in [-0.4, -0.2) is 38.8 Å². The molecule has 0 saturated carbocycles. The Bertz CT molecular complexity index is 1130. The lowest BCUT2D eigenvalue weighted by molar-refractivity contribution is -0.130. The van der Waals surface area contributed by atoms with Crippen molar-refractivity contribution in [3.63, 3.8) is 0 Å². The molecule has 6 nitrogen and oxygen atoms in total. The lowest BCUT2D eigenvalue weighted by Crippen LogP contribution is -2.36. The van der Waals surface area contributed by atoms with Crippen LogP contribution in [0.3, 0.4) is 0 Å². The lowest BCUT2D eigenvalue weighted by atomic mass is 9.92. The van der Waals surface area contributed by atoms with Crippen molar-refractivity contribution in [2.45, 2.75) is 39.2 Å². The highest BCUT2D eigenvalue weighted by molar-refractivity contribution is 5.79. The van der Waals surface area contributed by atoms with Crippen molar-refractivity contribution in [1.82, 2.24) is 14.7 Å². The van der Waals surface area contributed by atoms with Gasteiger partial charge in [-0.2, -0.15) is 0 Å². The summed E-state index contributed by atoms with van der Waals surface area (Å²) >= 11 is 0. The number of carbonyl (C=O) groups excluding carboxylic acids is 1. The van der Waals surface area contributed by atoms with Gasteiger partial charge in [0.15, 0.2) is 0 Å². The topological polar surface area (TPSA) is 78.3 Å². The molecule has 0 spiro atoms. The Hall–Kier alpha value is -3.12.